The molecule has 2 aromatic carbocycles. The van der Waals surface area contributed by atoms with Crippen molar-refractivity contribution < 1.29 is 4.92 Å². The molecule has 1 aromatic heterocycles. The summed E-state index contributed by atoms with van der Waals surface area (Å²) < 4.78 is 0. The van der Waals surface area contributed by atoms with Crippen LogP contribution in [0.3, 0.4) is 0 Å². The molecule has 0 radical (unpaired) electrons. The average Bonchev–Trinajstić information content (AvgIpc) is 2.65. The molecule has 1 heterocycles. The van der Waals surface area contributed by atoms with E-state index in [4.69, 9.17) is 0 Å². The van der Waals surface area contributed by atoms with Crippen LogP contribution in [0, 0.1) is 24.0 Å². The van der Waals surface area contributed by atoms with Crippen molar-refractivity contribution in [1.29, 1.82) is 0 Å². The van der Waals surface area contributed by atoms with Gasteiger partial charge in [0.05, 0.1) is 4.92 Å². The van der Waals surface area contributed by atoms with E-state index < -0.39 is 4.92 Å². The maximum atomic E-state index is 11.7. The topological polar surface area (TPSA) is 93.0 Å². The molecular formula is C20H21N5O2. The zero-order valence-electron chi connectivity index (χ0n) is 15.5. The molecule has 138 valence electrons. The fraction of sp³-hybridized carbons (Fsp3) is 0.200. The van der Waals surface area contributed by atoms with E-state index in [2.05, 4.69) is 27.5 Å². The van der Waals surface area contributed by atoms with Crippen LogP contribution in [-0.2, 0) is 6.42 Å². The normalized spacial score (nSPS) is 10.5. The summed E-state index contributed by atoms with van der Waals surface area (Å²) in [6.45, 7) is 6.07. The molecule has 0 aliphatic carbocycles. The molecule has 27 heavy (non-hydrogen) atoms. The molecule has 0 atom stereocenters. The van der Waals surface area contributed by atoms with Crippen molar-refractivity contribution in [3.8, 4) is 0 Å². The first-order valence-corrected chi connectivity index (χ1v) is 8.67. The molecule has 7 nitrogen and oxygen atoms in total. The highest BCUT2D eigenvalue weighted by atomic mass is 16.6. The number of aryl methyl sites for hydroxylation is 3. The smallest absolute Gasteiger partial charge is 0.334 e. The van der Waals surface area contributed by atoms with Crippen LogP contribution >= 0.6 is 0 Å². The standard InChI is InChI=1S/C20H21N5O2/c1-4-15-6-9-16(10-7-15)23-19-18(25(26)27)20(22-12-21-19)24-17-8-5-13(2)14(3)11-17/h5-12H,4H2,1-3H3,(H2,21,22,23,24). The van der Waals surface area contributed by atoms with Crippen molar-refractivity contribution in [3.63, 3.8) is 0 Å². The molecular weight excluding hydrogens is 342 g/mol. The Labute approximate surface area is 157 Å². The summed E-state index contributed by atoms with van der Waals surface area (Å²) in [5, 5.41) is 17.7. The Hall–Kier alpha value is -3.48. The van der Waals surface area contributed by atoms with Crippen LogP contribution in [0.1, 0.15) is 23.6 Å². The molecule has 0 amide bonds. The van der Waals surface area contributed by atoms with Gasteiger partial charge in [0.25, 0.3) is 0 Å². The van der Waals surface area contributed by atoms with Crippen LogP contribution in [-0.4, -0.2) is 14.9 Å². The Morgan fingerprint density at radius 3 is 2.07 bits per heavy atom. The van der Waals surface area contributed by atoms with E-state index in [9.17, 15) is 10.1 Å². The van der Waals surface area contributed by atoms with Gasteiger partial charge in [-0.3, -0.25) is 10.1 Å². The zero-order chi connectivity index (χ0) is 19.4. The lowest BCUT2D eigenvalue weighted by atomic mass is 10.1. The third-order valence-electron chi connectivity index (χ3n) is 4.40. The van der Waals surface area contributed by atoms with Crippen LogP contribution in [0.2, 0.25) is 0 Å². The van der Waals surface area contributed by atoms with Crippen LogP contribution in [0.5, 0.6) is 0 Å². The first-order chi connectivity index (χ1) is 13.0. The Morgan fingerprint density at radius 2 is 1.52 bits per heavy atom. The third-order valence-corrected chi connectivity index (χ3v) is 4.40. The minimum absolute atomic E-state index is 0.144. The van der Waals surface area contributed by atoms with Gasteiger partial charge in [-0.15, -0.1) is 0 Å². The highest BCUT2D eigenvalue weighted by Gasteiger charge is 2.23. The van der Waals surface area contributed by atoms with Gasteiger partial charge in [0.15, 0.2) is 0 Å². The molecule has 2 N–H and O–H groups in total. The summed E-state index contributed by atoms with van der Waals surface area (Å²) in [6, 6.07) is 13.5. The molecule has 0 aliphatic rings. The number of rotatable bonds is 6. The van der Waals surface area contributed by atoms with E-state index in [1.807, 2.05) is 56.3 Å². The van der Waals surface area contributed by atoms with Gasteiger partial charge in [0, 0.05) is 11.4 Å². The summed E-state index contributed by atoms with van der Waals surface area (Å²) in [5.41, 5.74) is 4.69. The van der Waals surface area contributed by atoms with Crippen LogP contribution < -0.4 is 10.6 Å². The van der Waals surface area contributed by atoms with Crippen molar-refractivity contribution in [2.75, 3.05) is 10.6 Å². The second kappa shape index (κ2) is 7.82. The van der Waals surface area contributed by atoms with E-state index >= 15 is 0 Å². The van der Waals surface area contributed by atoms with Gasteiger partial charge in [-0.05, 0) is 61.2 Å². The van der Waals surface area contributed by atoms with Crippen LogP contribution in [0.25, 0.3) is 0 Å². The van der Waals surface area contributed by atoms with Crippen LogP contribution in [0.4, 0.5) is 28.7 Å². The lowest BCUT2D eigenvalue weighted by Crippen LogP contribution is -2.05. The maximum Gasteiger partial charge on any atom is 0.353 e. The van der Waals surface area contributed by atoms with Crippen molar-refractivity contribution >= 4 is 28.7 Å². The summed E-state index contributed by atoms with van der Waals surface area (Å²) in [5.74, 6) is 0.288. The number of nitrogens with one attached hydrogen (secondary N) is 2. The first kappa shape index (κ1) is 18.3. The van der Waals surface area contributed by atoms with Gasteiger partial charge in [0.1, 0.15) is 6.33 Å². The maximum absolute atomic E-state index is 11.7. The predicted molar refractivity (Wildman–Crippen MR) is 107 cm³/mol. The molecule has 0 bridgehead atoms. The number of nitro groups is 1. The minimum Gasteiger partial charge on any atom is -0.334 e. The molecule has 0 spiro atoms. The van der Waals surface area contributed by atoms with Gasteiger partial charge in [-0.1, -0.05) is 25.1 Å². The second-order valence-corrected chi connectivity index (χ2v) is 6.28. The van der Waals surface area contributed by atoms with Gasteiger partial charge in [-0.2, -0.15) is 0 Å². The third kappa shape index (κ3) is 4.20. The minimum atomic E-state index is -0.480. The van der Waals surface area contributed by atoms with Gasteiger partial charge >= 0.3 is 5.69 Å². The summed E-state index contributed by atoms with van der Waals surface area (Å²) in [4.78, 5) is 19.4. The lowest BCUT2D eigenvalue weighted by Gasteiger charge is -2.11. The Bertz CT molecular complexity index is 971. The second-order valence-electron chi connectivity index (χ2n) is 6.28. The fourth-order valence-electron chi connectivity index (χ4n) is 2.65. The molecule has 0 aliphatic heterocycles. The highest BCUT2D eigenvalue weighted by molar-refractivity contribution is 5.76. The molecule has 7 heteroatoms. The van der Waals surface area contributed by atoms with Crippen molar-refractivity contribution in [3.05, 3.63) is 75.6 Å². The van der Waals surface area contributed by atoms with E-state index in [1.54, 1.807) is 0 Å². The van der Waals surface area contributed by atoms with Gasteiger partial charge < -0.3 is 10.6 Å². The summed E-state index contributed by atoms with van der Waals surface area (Å²) in [6.07, 6.45) is 2.23. The van der Waals surface area contributed by atoms with E-state index in [-0.39, 0.29) is 17.3 Å². The van der Waals surface area contributed by atoms with Crippen LogP contribution in [0.15, 0.2) is 48.8 Å². The number of hydrogen-bond acceptors (Lipinski definition) is 6. The van der Waals surface area contributed by atoms with E-state index in [0.717, 1.165) is 28.9 Å². The highest BCUT2D eigenvalue weighted by Crippen LogP contribution is 2.33. The summed E-state index contributed by atoms with van der Waals surface area (Å²) >= 11 is 0. The molecule has 3 aromatic rings. The molecule has 3 rings (SSSR count). The fourth-order valence-corrected chi connectivity index (χ4v) is 2.65. The zero-order valence-corrected chi connectivity index (χ0v) is 15.5. The number of benzene rings is 2. The molecule has 0 saturated heterocycles. The summed E-state index contributed by atoms with van der Waals surface area (Å²) in [7, 11) is 0. The van der Waals surface area contributed by atoms with Gasteiger partial charge in [-0.25, -0.2) is 9.97 Å². The quantitative estimate of drug-likeness (QED) is 0.470. The van der Waals surface area contributed by atoms with E-state index in [1.165, 1.54) is 11.9 Å². The van der Waals surface area contributed by atoms with Crippen molar-refractivity contribution in [2.45, 2.75) is 27.2 Å². The molecule has 0 fully saturated rings. The number of anilines is 4. The first-order valence-electron chi connectivity index (χ1n) is 8.67. The van der Waals surface area contributed by atoms with Crippen molar-refractivity contribution in [2.24, 2.45) is 0 Å². The largest absolute Gasteiger partial charge is 0.353 e. The molecule has 0 unspecified atom stereocenters. The lowest BCUT2D eigenvalue weighted by molar-refractivity contribution is -0.383. The Kier molecular flexibility index (Phi) is 5.30. The Balaban J connectivity index is 1.94. The predicted octanol–water partition coefficient (Wildman–Crippen LogP) is 5.05. The Morgan fingerprint density at radius 1 is 0.926 bits per heavy atom. The van der Waals surface area contributed by atoms with E-state index in [0.29, 0.717) is 0 Å². The SMILES string of the molecule is CCc1ccc(Nc2ncnc(Nc3ccc(C)c(C)c3)c2[N+](=O)[O-])cc1. The van der Waals surface area contributed by atoms with Gasteiger partial charge in [0.2, 0.25) is 11.6 Å². The number of aromatic nitrogens is 2. The number of hydrogen-bond donors (Lipinski definition) is 2. The average molecular weight is 363 g/mol. The monoisotopic (exact) mass is 363 g/mol. The molecule has 0 saturated carbocycles. The van der Waals surface area contributed by atoms with Crippen molar-refractivity contribution in [1.82, 2.24) is 9.97 Å². The number of nitrogens with zero attached hydrogens (tertiary/aromatic N) is 3.